The largest absolute Gasteiger partial charge is 0.457 e. The average molecular weight is 354 g/mol. The zero-order valence-electron chi connectivity index (χ0n) is 14.8. The minimum atomic E-state index is -0.579. The van der Waals surface area contributed by atoms with Gasteiger partial charge in [0.2, 0.25) is 11.8 Å². The van der Waals surface area contributed by atoms with Gasteiger partial charge in [-0.15, -0.1) is 0 Å². The van der Waals surface area contributed by atoms with Crippen LogP contribution in [0.5, 0.6) is 0 Å². The van der Waals surface area contributed by atoms with Crippen molar-refractivity contribution in [1.82, 2.24) is 15.0 Å². The number of benzene rings is 1. The molecule has 0 unspecified atom stereocenters. The second-order valence-electron chi connectivity index (χ2n) is 6.73. The van der Waals surface area contributed by atoms with Gasteiger partial charge in [0.05, 0.1) is 0 Å². The van der Waals surface area contributed by atoms with E-state index < -0.39 is 11.6 Å². The van der Waals surface area contributed by atoms with Crippen molar-refractivity contribution in [1.29, 1.82) is 0 Å². The van der Waals surface area contributed by atoms with E-state index in [9.17, 15) is 9.59 Å². The van der Waals surface area contributed by atoms with Crippen molar-refractivity contribution in [2.24, 2.45) is 0 Å². The van der Waals surface area contributed by atoms with Crippen LogP contribution in [-0.4, -0.2) is 32.4 Å². The highest BCUT2D eigenvalue weighted by molar-refractivity contribution is 6.06. The molecule has 0 fully saturated rings. The van der Waals surface area contributed by atoms with Crippen LogP contribution < -0.4 is 9.88 Å². The Labute approximate surface area is 150 Å². The minimum absolute atomic E-state index is 0.0289. The zero-order chi connectivity index (χ0) is 18.7. The van der Waals surface area contributed by atoms with Crippen LogP contribution in [0, 0.1) is 0 Å². The molecule has 0 aliphatic carbocycles. The Balaban J connectivity index is 1.88. The first-order valence-corrected chi connectivity index (χ1v) is 8.13. The average Bonchev–Trinajstić information content (AvgIpc) is 2.98. The van der Waals surface area contributed by atoms with Gasteiger partial charge in [-0.2, -0.15) is 4.98 Å². The van der Waals surface area contributed by atoms with Crippen molar-refractivity contribution < 1.29 is 18.9 Å². The van der Waals surface area contributed by atoms with Gasteiger partial charge >= 0.3 is 5.97 Å². The molecule has 26 heavy (non-hydrogen) atoms. The summed E-state index contributed by atoms with van der Waals surface area (Å²) >= 11 is 0. The molecule has 0 spiro atoms. The number of nitrogens with one attached hydrogen (secondary N) is 2. The monoisotopic (exact) mass is 354 g/mol. The summed E-state index contributed by atoms with van der Waals surface area (Å²) in [5, 5.41) is 2.77. The Bertz CT molecular complexity index is 944. The van der Waals surface area contributed by atoms with E-state index in [1.165, 1.54) is 6.33 Å². The Hall–Kier alpha value is -3.29. The van der Waals surface area contributed by atoms with Crippen LogP contribution in [0.1, 0.15) is 31.1 Å². The van der Waals surface area contributed by atoms with E-state index in [0.717, 1.165) is 0 Å². The number of hydrogen-bond acceptors (Lipinski definition) is 5. The number of H-pyrrole nitrogens is 1. The number of aromatic nitrogens is 4. The van der Waals surface area contributed by atoms with E-state index >= 15 is 0 Å². The molecule has 0 bridgehead atoms. The molecule has 0 radical (unpaired) electrons. The molecule has 0 saturated carbocycles. The molecule has 134 valence electrons. The lowest BCUT2D eigenvalue weighted by molar-refractivity contribution is -0.659. The van der Waals surface area contributed by atoms with Crippen LogP contribution >= 0.6 is 0 Å². The highest BCUT2D eigenvalue weighted by Crippen LogP contribution is 2.15. The maximum Gasteiger partial charge on any atom is 0.349 e. The summed E-state index contributed by atoms with van der Waals surface area (Å²) in [4.78, 5) is 35.8. The van der Waals surface area contributed by atoms with Gasteiger partial charge in [0.25, 0.3) is 11.6 Å². The van der Waals surface area contributed by atoms with E-state index in [-0.39, 0.29) is 12.5 Å². The number of amides is 1. The maximum absolute atomic E-state index is 12.4. The van der Waals surface area contributed by atoms with Crippen LogP contribution in [0.4, 0.5) is 5.82 Å². The fourth-order valence-electron chi connectivity index (χ4n) is 2.46. The van der Waals surface area contributed by atoms with Crippen LogP contribution in [0.3, 0.4) is 0 Å². The van der Waals surface area contributed by atoms with Gasteiger partial charge in [-0.3, -0.25) is 4.79 Å². The van der Waals surface area contributed by atoms with E-state index in [2.05, 4.69) is 20.3 Å². The molecule has 1 amide bonds. The van der Waals surface area contributed by atoms with Gasteiger partial charge in [-0.1, -0.05) is 18.2 Å². The van der Waals surface area contributed by atoms with Gasteiger partial charge in [-0.05, 0) is 32.9 Å². The number of nitrogens with zero attached hydrogens (tertiary/aromatic N) is 3. The summed E-state index contributed by atoms with van der Waals surface area (Å²) in [6.07, 6.45) is 2.94. The molecule has 2 aromatic heterocycles. The number of imidazole rings is 1. The van der Waals surface area contributed by atoms with Crippen LogP contribution in [0.15, 0.2) is 43.0 Å². The fourth-order valence-corrected chi connectivity index (χ4v) is 2.46. The number of hydrogen-bond donors (Lipinski definition) is 2. The Kier molecular flexibility index (Phi) is 4.66. The van der Waals surface area contributed by atoms with Crippen LogP contribution in [-0.2, 0) is 16.1 Å². The van der Waals surface area contributed by atoms with Gasteiger partial charge in [-0.25, -0.2) is 19.3 Å². The Morgan fingerprint density at radius 2 is 1.92 bits per heavy atom. The molecule has 1 aromatic carbocycles. The van der Waals surface area contributed by atoms with Crippen molar-refractivity contribution in [3.05, 3.63) is 48.5 Å². The number of aromatic amines is 1. The third-order valence-corrected chi connectivity index (χ3v) is 3.45. The van der Waals surface area contributed by atoms with Crippen LogP contribution in [0.25, 0.3) is 11.2 Å². The predicted molar refractivity (Wildman–Crippen MR) is 94.3 cm³/mol. The Morgan fingerprint density at radius 1 is 1.19 bits per heavy atom. The molecule has 2 heterocycles. The number of carbonyl (C=O) groups is 2. The number of anilines is 1. The molecular formula is C18H20N5O3+. The highest BCUT2D eigenvalue weighted by Gasteiger charge is 2.23. The molecular weight excluding hydrogens is 334 g/mol. The molecule has 0 atom stereocenters. The van der Waals surface area contributed by atoms with Crippen molar-refractivity contribution in [3.8, 4) is 0 Å². The smallest absolute Gasteiger partial charge is 0.349 e. The molecule has 3 rings (SSSR count). The SMILES string of the molecule is CC(C)(C)OC(=O)C[n+]1c[nH]c2ncnc(NC(=O)c3ccccc3)c21. The lowest BCUT2D eigenvalue weighted by Gasteiger charge is -2.18. The third-order valence-electron chi connectivity index (χ3n) is 3.45. The van der Waals surface area contributed by atoms with Gasteiger partial charge in [0, 0.05) is 5.56 Å². The second-order valence-corrected chi connectivity index (χ2v) is 6.73. The van der Waals surface area contributed by atoms with E-state index in [1.54, 1.807) is 55.9 Å². The highest BCUT2D eigenvalue weighted by atomic mass is 16.6. The predicted octanol–water partition coefficient (Wildman–Crippen LogP) is 1.84. The summed E-state index contributed by atoms with van der Waals surface area (Å²) in [7, 11) is 0. The summed E-state index contributed by atoms with van der Waals surface area (Å²) in [5.41, 5.74) is 0.952. The zero-order valence-corrected chi connectivity index (χ0v) is 14.8. The van der Waals surface area contributed by atoms with Gasteiger partial charge in [0.1, 0.15) is 11.9 Å². The lowest BCUT2D eigenvalue weighted by Crippen LogP contribution is -2.40. The first kappa shape index (κ1) is 17.5. The second kappa shape index (κ2) is 6.91. The number of carbonyl (C=O) groups excluding carboxylic acids is 2. The molecule has 8 nitrogen and oxygen atoms in total. The number of esters is 1. The normalized spacial score (nSPS) is 11.3. The summed E-state index contributed by atoms with van der Waals surface area (Å²) in [6.45, 7) is 5.39. The number of rotatable bonds is 4. The van der Waals surface area contributed by atoms with E-state index in [0.29, 0.717) is 22.5 Å². The third kappa shape index (κ3) is 4.02. The standard InChI is InChI=1S/C18H19N5O3/c1-18(2,3)26-13(24)9-23-11-21-15-14(23)16(20-10-19-15)22-17(25)12-7-5-4-6-8-12/h4-8,10-11H,9H2,1-3H3,(H,19,20,22,25)/p+1. The first-order chi connectivity index (χ1) is 12.3. The molecule has 0 aliphatic rings. The summed E-state index contributed by atoms with van der Waals surface area (Å²) in [5.74, 6) is -0.378. The number of fused-ring (bicyclic) bond motifs is 1. The van der Waals surface area contributed by atoms with E-state index in [4.69, 9.17) is 4.74 Å². The van der Waals surface area contributed by atoms with Gasteiger partial charge in [0.15, 0.2) is 12.4 Å². The van der Waals surface area contributed by atoms with Gasteiger partial charge < -0.3 is 10.1 Å². The summed E-state index contributed by atoms with van der Waals surface area (Å²) < 4.78 is 6.96. The molecule has 0 aliphatic heterocycles. The van der Waals surface area contributed by atoms with Crippen molar-refractivity contribution >= 4 is 28.9 Å². The topological polar surface area (TPSA) is 101 Å². The molecule has 0 saturated heterocycles. The molecule has 3 aromatic rings. The van der Waals surface area contributed by atoms with Crippen LogP contribution in [0.2, 0.25) is 0 Å². The molecule has 2 N–H and O–H groups in total. The van der Waals surface area contributed by atoms with Crippen molar-refractivity contribution in [2.75, 3.05) is 5.32 Å². The lowest BCUT2D eigenvalue weighted by atomic mass is 10.2. The van der Waals surface area contributed by atoms with Crippen molar-refractivity contribution in [3.63, 3.8) is 0 Å². The minimum Gasteiger partial charge on any atom is -0.457 e. The van der Waals surface area contributed by atoms with E-state index in [1.807, 2.05) is 6.07 Å². The Morgan fingerprint density at radius 3 is 2.62 bits per heavy atom. The molecule has 8 heteroatoms. The summed E-state index contributed by atoms with van der Waals surface area (Å²) in [6, 6.07) is 8.81. The first-order valence-electron chi connectivity index (χ1n) is 8.13. The maximum atomic E-state index is 12.4. The quantitative estimate of drug-likeness (QED) is 0.550. The fraction of sp³-hybridized carbons (Fsp3) is 0.278. The number of ether oxygens (including phenoxy) is 1. The van der Waals surface area contributed by atoms with Crippen molar-refractivity contribution in [2.45, 2.75) is 32.9 Å².